The van der Waals surface area contributed by atoms with E-state index in [2.05, 4.69) is 31.5 Å². The largest absolute Gasteiger partial charge is 0.463 e. The molecule has 0 amide bonds. The van der Waals surface area contributed by atoms with Crippen LogP contribution in [-0.4, -0.2) is 17.4 Å². The van der Waals surface area contributed by atoms with Crippen molar-refractivity contribution in [2.24, 2.45) is 27.3 Å². The highest BCUT2D eigenvalue weighted by atomic mass is 32.1. The van der Waals surface area contributed by atoms with Gasteiger partial charge in [-0.25, -0.2) is 4.68 Å². The third-order valence-electron chi connectivity index (χ3n) is 5.65. The molecule has 2 aromatic rings. The zero-order chi connectivity index (χ0) is 17.4. The Morgan fingerprint density at radius 3 is 3.04 bits per heavy atom. The predicted molar refractivity (Wildman–Crippen MR) is 103 cm³/mol. The molecule has 2 unspecified atom stereocenters. The molecule has 0 saturated heterocycles. The van der Waals surface area contributed by atoms with Crippen molar-refractivity contribution in [1.82, 2.24) is 4.68 Å². The highest BCUT2D eigenvalue weighted by molar-refractivity contribution is 7.07. The second-order valence-corrected chi connectivity index (χ2v) is 8.15. The summed E-state index contributed by atoms with van der Waals surface area (Å²) in [7, 11) is 0. The molecule has 25 heavy (non-hydrogen) atoms. The maximum Gasteiger partial charge on any atom is 0.206 e. The Labute approximate surface area is 151 Å². The number of aromatic nitrogens is 1. The molecule has 0 aliphatic heterocycles. The van der Waals surface area contributed by atoms with Gasteiger partial charge in [-0.1, -0.05) is 26.0 Å². The molecule has 0 aromatic carbocycles. The van der Waals surface area contributed by atoms with Crippen LogP contribution in [0.2, 0.25) is 0 Å². The molecule has 1 fully saturated rings. The first-order chi connectivity index (χ1) is 12.1. The van der Waals surface area contributed by atoms with Crippen LogP contribution in [0.15, 0.2) is 62.6 Å². The Bertz CT molecular complexity index is 896. The SMILES string of the molecule is C=CCN=c1scc(-c2ccco2)n1N=CC1=CCC2CC1C2(C)C. The third-order valence-corrected chi connectivity index (χ3v) is 6.50. The van der Waals surface area contributed by atoms with E-state index in [0.717, 1.165) is 28.6 Å². The summed E-state index contributed by atoms with van der Waals surface area (Å²) >= 11 is 1.57. The first kappa shape index (κ1) is 16.3. The van der Waals surface area contributed by atoms with Crippen LogP contribution in [0.5, 0.6) is 0 Å². The van der Waals surface area contributed by atoms with Gasteiger partial charge in [0.25, 0.3) is 0 Å². The van der Waals surface area contributed by atoms with Crippen LogP contribution < -0.4 is 4.80 Å². The van der Waals surface area contributed by atoms with Crippen LogP contribution in [0.4, 0.5) is 0 Å². The quantitative estimate of drug-likeness (QED) is 0.566. The maximum atomic E-state index is 5.57. The van der Waals surface area contributed by atoms with Crippen LogP contribution in [0.3, 0.4) is 0 Å². The van der Waals surface area contributed by atoms with E-state index < -0.39 is 0 Å². The second kappa shape index (κ2) is 6.30. The lowest BCUT2D eigenvalue weighted by molar-refractivity contribution is -0.00126. The van der Waals surface area contributed by atoms with E-state index in [1.165, 1.54) is 12.0 Å². The van der Waals surface area contributed by atoms with E-state index in [-0.39, 0.29) is 0 Å². The molecule has 0 radical (unpaired) electrons. The molecule has 0 spiro atoms. The molecule has 5 heteroatoms. The number of hydrogen-bond donors (Lipinski definition) is 0. The van der Waals surface area contributed by atoms with Gasteiger partial charge in [0.05, 0.1) is 19.0 Å². The highest BCUT2D eigenvalue weighted by Crippen LogP contribution is 2.58. The number of hydrogen-bond acceptors (Lipinski definition) is 4. The molecule has 2 aromatic heterocycles. The lowest BCUT2D eigenvalue weighted by atomic mass is 9.49. The van der Waals surface area contributed by atoms with Gasteiger partial charge in [-0.05, 0) is 47.8 Å². The molecular weight excluding hydrogens is 330 g/mol. The summed E-state index contributed by atoms with van der Waals surface area (Å²) in [6.07, 6.45) is 10.3. The summed E-state index contributed by atoms with van der Waals surface area (Å²) < 4.78 is 7.45. The van der Waals surface area contributed by atoms with Gasteiger partial charge in [-0.3, -0.25) is 4.99 Å². The summed E-state index contributed by atoms with van der Waals surface area (Å²) in [6, 6.07) is 3.84. The van der Waals surface area contributed by atoms with E-state index in [1.54, 1.807) is 23.7 Å². The molecule has 3 aliphatic rings. The van der Waals surface area contributed by atoms with Crippen LogP contribution >= 0.6 is 11.3 Å². The minimum atomic E-state index is 0.398. The molecule has 4 nitrogen and oxygen atoms in total. The second-order valence-electron chi connectivity index (χ2n) is 7.31. The summed E-state index contributed by atoms with van der Waals surface area (Å²) in [4.78, 5) is 5.42. The zero-order valence-electron chi connectivity index (χ0n) is 14.7. The van der Waals surface area contributed by atoms with Crippen molar-refractivity contribution in [2.45, 2.75) is 26.7 Å². The average Bonchev–Trinajstić information content (AvgIpc) is 3.27. The van der Waals surface area contributed by atoms with Crippen LogP contribution in [-0.2, 0) is 0 Å². The van der Waals surface area contributed by atoms with Gasteiger partial charge in [0, 0.05) is 5.38 Å². The first-order valence-electron chi connectivity index (χ1n) is 8.71. The van der Waals surface area contributed by atoms with E-state index in [9.17, 15) is 0 Å². The molecule has 5 rings (SSSR count). The van der Waals surface area contributed by atoms with Gasteiger partial charge >= 0.3 is 0 Å². The van der Waals surface area contributed by atoms with Gasteiger partial charge in [-0.2, -0.15) is 5.10 Å². The van der Waals surface area contributed by atoms with Crippen LogP contribution in [0.25, 0.3) is 11.5 Å². The Morgan fingerprint density at radius 1 is 1.48 bits per heavy atom. The molecular formula is C20H23N3OS. The summed E-state index contributed by atoms with van der Waals surface area (Å²) in [6.45, 7) is 9.08. The fourth-order valence-corrected chi connectivity index (χ4v) is 4.75. The van der Waals surface area contributed by atoms with Gasteiger partial charge in [-0.15, -0.1) is 17.9 Å². The van der Waals surface area contributed by atoms with Crippen molar-refractivity contribution in [1.29, 1.82) is 0 Å². The number of rotatable bonds is 5. The van der Waals surface area contributed by atoms with Crippen molar-refractivity contribution < 1.29 is 4.42 Å². The van der Waals surface area contributed by atoms with Crippen LogP contribution in [0.1, 0.15) is 26.7 Å². The van der Waals surface area contributed by atoms with E-state index in [1.807, 2.05) is 28.4 Å². The van der Waals surface area contributed by atoms with Crippen molar-refractivity contribution in [3.05, 3.63) is 52.9 Å². The van der Waals surface area contributed by atoms with Crippen LogP contribution in [0, 0.1) is 17.3 Å². The number of thiazole rings is 1. The third kappa shape index (κ3) is 2.76. The number of fused-ring (bicyclic) bond motifs is 1. The predicted octanol–water partition coefficient (Wildman–Crippen LogP) is 4.72. The van der Waals surface area contributed by atoms with E-state index in [4.69, 9.17) is 9.52 Å². The average molecular weight is 353 g/mol. The monoisotopic (exact) mass is 353 g/mol. The molecule has 3 aliphatic carbocycles. The molecule has 130 valence electrons. The summed E-state index contributed by atoms with van der Waals surface area (Å²) in [5, 5.41) is 6.82. The smallest absolute Gasteiger partial charge is 0.206 e. The van der Waals surface area contributed by atoms with Gasteiger partial charge < -0.3 is 4.42 Å². The number of furan rings is 1. The van der Waals surface area contributed by atoms with E-state index >= 15 is 0 Å². The first-order valence-corrected chi connectivity index (χ1v) is 9.59. The lowest BCUT2D eigenvalue weighted by Crippen LogP contribution is -2.48. The normalized spacial score (nSPS) is 25.0. The Balaban J connectivity index is 1.71. The zero-order valence-corrected chi connectivity index (χ0v) is 15.5. The van der Waals surface area contributed by atoms with Gasteiger partial charge in [0.15, 0.2) is 5.76 Å². The lowest BCUT2D eigenvalue weighted by Gasteiger charge is -2.55. The topological polar surface area (TPSA) is 42.8 Å². The number of nitrogens with zero attached hydrogens (tertiary/aromatic N) is 3. The van der Waals surface area contributed by atoms with Crippen molar-refractivity contribution >= 4 is 17.6 Å². The number of allylic oxidation sites excluding steroid dienone is 2. The minimum absolute atomic E-state index is 0.398. The highest BCUT2D eigenvalue weighted by Gasteiger charge is 2.50. The Morgan fingerprint density at radius 2 is 2.36 bits per heavy atom. The standard InChI is InChI=1S/C20H23N3OS/c1-4-9-21-19-23(17(13-25-19)18-6-5-10-24-18)22-12-14-7-8-15-11-16(14)20(15,2)3/h4-7,10,12-13,15-16H,1,8-9,11H2,2-3H3. The Kier molecular flexibility index (Phi) is 4.12. The van der Waals surface area contributed by atoms with Gasteiger partial charge in [0.2, 0.25) is 4.80 Å². The van der Waals surface area contributed by atoms with E-state index in [0.29, 0.717) is 17.9 Å². The molecule has 2 heterocycles. The fraction of sp³-hybridized carbons (Fsp3) is 0.400. The minimum Gasteiger partial charge on any atom is -0.463 e. The molecule has 2 bridgehead atoms. The van der Waals surface area contributed by atoms with Crippen molar-refractivity contribution in [3.63, 3.8) is 0 Å². The molecule has 0 N–H and O–H groups in total. The molecule has 1 saturated carbocycles. The molecule has 2 atom stereocenters. The Hall–Kier alpha value is -2.14. The summed E-state index contributed by atoms with van der Waals surface area (Å²) in [5.41, 5.74) is 2.68. The van der Waals surface area contributed by atoms with Crippen molar-refractivity contribution in [3.8, 4) is 11.5 Å². The van der Waals surface area contributed by atoms with Gasteiger partial charge in [0.1, 0.15) is 5.69 Å². The maximum absolute atomic E-state index is 5.57. The van der Waals surface area contributed by atoms with Crippen molar-refractivity contribution in [2.75, 3.05) is 6.54 Å². The fourth-order valence-electron chi connectivity index (χ4n) is 3.93. The summed E-state index contributed by atoms with van der Waals surface area (Å²) in [5.74, 6) is 2.25.